The summed E-state index contributed by atoms with van der Waals surface area (Å²) in [7, 11) is 0. The molecule has 2 atom stereocenters. The van der Waals surface area contributed by atoms with E-state index in [0.717, 1.165) is 61.9 Å². The highest BCUT2D eigenvalue weighted by Gasteiger charge is 2.22. The predicted octanol–water partition coefficient (Wildman–Crippen LogP) is 4.54. The van der Waals surface area contributed by atoms with Gasteiger partial charge >= 0.3 is 0 Å². The molecule has 0 fully saturated rings. The molecule has 0 bridgehead atoms. The van der Waals surface area contributed by atoms with Crippen LogP contribution in [-0.2, 0) is 17.8 Å². The van der Waals surface area contributed by atoms with E-state index < -0.39 is 0 Å². The topological polar surface area (TPSA) is 98.7 Å². The number of hydrogen-bond donors (Lipinski definition) is 1. The van der Waals surface area contributed by atoms with Crippen LogP contribution < -0.4 is 5.32 Å². The van der Waals surface area contributed by atoms with E-state index in [4.69, 9.17) is 4.52 Å². The molecule has 0 saturated carbocycles. The van der Waals surface area contributed by atoms with Crippen LogP contribution in [0.15, 0.2) is 23.0 Å². The lowest BCUT2D eigenvalue weighted by atomic mass is 9.99. The van der Waals surface area contributed by atoms with Crippen LogP contribution in [0.3, 0.4) is 0 Å². The number of nitrogens with one attached hydrogen (secondary N) is 1. The van der Waals surface area contributed by atoms with E-state index in [0.29, 0.717) is 24.1 Å². The average Bonchev–Trinajstić information content (AvgIpc) is 3.37. The smallest absolute Gasteiger partial charge is 0.249 e. The maximum atomic E-state index is 12.6. The van der Waals surface area contributed by atoms with Gasteiger partial charge in [-0.25, -0.2) is 4.98 Å². The molecule has 0 saturated heterocycles. The molecule has 3 aromatic rings. The Morgan fingerprint density at radius 3 is 2.81 bits per heavy atom. The number of imidazole rings is 1. The van der Waals surface area contributed by atoms with E-state index in [9.17, 15) is 4.79 Å². The zero-order valence-corrected chi connectivity index (χ0v) is 19.1. The molecule has 1 amide bonds. The van der Waals surface area contributed by atoms with Crippen LogP contribution in [0.1, 0.15) is 82.9 Å². The SMILES string of the molecule is CCc1noc(C(CC(C)CC)NC(=O)CCCCCn2c(C)nc3cnccc32)n1. The lowest BCUT2D eigenvalue weighted by Crippen LogP contribution is -2.29. The molecule has 0 radical (unpaired) electrons. The first-order valence-electron chi connectivity index (χ1n) is 11.4. The lowest BCUT2D eigenvalue weighted by molar-refractivity contribution is -0.122. The molecule has 31 heavy (non-hydrogen) atoms. The van der Waals surface area contributed by atoms with Gasteiger partial charge in [-0.3, -0.25) is 9.78 Å². The largest absolute Gasteiger partial charge is 0.344 e. The van der Waals surface area contributed by atoms with Gasteiger partial charge in [-0.15, -0.1) is 0 Å². The average molecular weight is 427 g/mol. The Morgan fingerprint density at radius 2 is 2.06 bits per heavy atom. The van der Waals surface area contributed by atoms with Gasteiger partial charge in [0.2, 0.25) is 11.8 Å². The van der Waals surface area contributed by atoms with Gasteiger partial charge in [-0.05, 0) is 38.2 Å². The highest BCUT2D eigenvalue weighted by molar-refractivity contribution is 5.76. The Morgan fingerprint density at radius 1 is 1.23 bits per heavy atom. The van der Waals surface area contributed by atoms with Crippen molar-refractivity contribution in [1.29, 1.82) is 0 Å². The molecule has 168 valence electrons. The number of carbonyl (C=O) groups is 1. The first kappa shape index (κ1) is 22.9. The van der Waals surface area contributed by atoms with Gasteiger partial charge in [-0.2, -0.15) is 4.98 Å². The van der Waals surface area contributed by atoms with Gasteiger partial charge in [0, 0.05) is 25.6 Å². The number of unbranched alkanes of at least 4 members (excludes halogenated alkanes) is 2. The van der Waals surface area contributed by atoms with Gasteiger partial charge in [0.1, 0.15) is 17.4 Å². The summed E-state index contributed by atoms with van der Waals surface area (Å²) < 4.78 is 7.63. The van der Waals surface area contributed by atoms with Crippen molar-refractivity contribution in [2.45, 2.75) is 85.2 Å². The first-order valence-corrected chi connectivity index (χ1v) is 11.4. The minimum atomic E-state index is -0.219. The maximum Gasteiger partial charge on any atom is 0.249 e. The minimum absolute atomic E-state index is 0.0416. The van der Waals surface area contributed by atoms with Crippen LogP contribution in [-0.4, -0.2) is 30.6 Å². The summed E-state index contributed by atoms with van der Waals surface area (Å²) in [6, 6.07) is 1.78. The summed E-state index contributed by atoms with van der Waals surface area (Å²) in [5.74, 6) is 2.70. The first-order chi connectivity index (χ1) is 15.0. The number of pyridine rings is 1. The normalized spacial score (nSPS) is 13.4. The highest BCUT2D eigenvalue weighted by Crippen LogP contribution is 2.22. The molecule has 0 aromatic carbocycles. The molecule has 3 heterocycles. The number of nitrogens with zero attached hydrogens (tertiary/aromatic N) is 5. The van der Waals surface area contributed by atoms with Crippen molar-refractivity contribution in [2.24, 2.45) is 5.92 Å². The molecule has 0 aliphatic heterocycles. The number of hydrogen-bond acceptors (Lipinski definition) is 6. The summed E-state index contributed by atoms with van der Waals surface area (Å²) in [4.78, 5) is 25.7. The third-order valence-corrected chi connectivity index (χ3v) is 5.80. The van der Waals surface area contributed by atoms with Crippen molar-refractivity contribution in [1.82, 2.24) is 30.0 Å². The van der Waals surface area contributed by atoms with Crippen LogP contribution in [0, 0.1) is 12.8 Å². The van der Waals surface area contributed by atoms with E-state index in [1.165, 1.54) is 0 Å². The molecule has 8 heteroatoms. The molecule has 8 nitrogen and oxygen atoms in total. The Hall–Kier alpha value is -2.77. The van der Waals surface area contributed by atoms with Crippen molar-refractivity contribution in [3.8, 4) is 0 Å². The van der Waals surface area contributed by atoms with Gasteiger partial charge in [0.25, 0.3) is 0 Å². The summed E-state index contributed by atoms with van der Waals surface area (Å²) in [6.45, 7) is 9.23. The zero-order chi connectivity index (χ0) is 22.2. The van der Waals surface area contributed by atoms with Crippen LogP contribution in [0.2, 0.25) is 0 Å². The fraction of sp³-hybridized carbons (Fsp3) is 0.609. The standard InChI is InChI=1S/C23H34N6O2/c1-5-16(3)14-18(23-27-21(6-2)28-31-23)26-22(30)10-8-7-9-13-29-17(4)25-19-15-24-12-11-20(19)29/h11-12,15-16,18H,5-10,13-14H2,1-4H3,(H,26,30). The van der Waals surface area contributed by atoms with E-state index in [-0.39, 0.29) is 11.9 Å². The Balaban J connectivity index is 1.46. The fourth-order valence-electron chi connectivity index (χ4n) is 3.73. The van der Waals surface area contributed by atoms with Crippen LogP contribution in [0.5, 0.6) is 0 Å². The third-order valence-electron chi connectivity index (χ3n) is 5.80. The van der Waals surface area contributed by atoms with Crippen molar-refractivity contribution in [3.05, 3.63) is 36.0 Å². The summed E-state index contributed by atoms with van der Waals surface area (Å²) in [6.07, 6.45) is 9.48. The zero-order valence-electron chi connectivity index (χ0n) is 19.1. The number of aryl methyl sites for hydroxylation is 3. The molecule has 3 aromatic heterocycles. The molecular weight excluding hydrogens is 392 g/mol. The molecule has 2 unspecified atom stereocenters. The predicted molar refractivity (Wildman–Crippen MR) is 119 cm³/mol. The van der Waals surface area contributed by atoms with Crippen molar-refractivity contribution in [3.63, 3.8) is 0 Å². The lowest BCUT2D eigenvalue weighted by Gasteiger charge is -2.18. The van der Waals surface area contributed by atoms with Gasteiger partial charge in [-0.1, -0.05) is 38.8 Å². The summed E-state index contributed by atoms with van der Waals surface area (Å²) >= 11 is 0. The number of aromatic nitrogens is 5. The molecule has 0 aliphatic carbocycles. The van der Waals surface area contributed by atoms with E-state index in [1.54, 1.807) is 12.4 Å². The second-order valence-corrected chi connectivity index (χ2v) is 8.26. The summed E-state index contributed by atoms with van der Waals surface area (Å²) in [5, 5.41) is 7.10. The van der Waals surface area contributed by atoms with Crippen molar-refractivity contribution >= 4 is 16.9 Å². The minimum Gasteiger partial charge on any atom is -0.344 e. The highest BCUT2D eigenvalue weighted by atomic mass is 16.5. The molecule has 1 N–H and O–H groups in total. The fourth-order valence-corrected chi connectivity index (χ4v) is 3.73. The van der Waals surface area contributed by atoms with E-state index >= 15 is 0 Å². The van der Waals surface area contributed by atoms with Gasteiger partial charge < -0.3 is 14.4 Å². The van der Waals surface area contributed by atoms with E-state index in [1.807, 2.05) is 19.9 Å². The Kier molecular flexibility index (Phi) is 8.14. The molecule has 0 aliphatic rings. The quantitative estimate of drug-likeness (QED) is 0.427. The number of fused-ring (bicyclic) bond motifs is 1. The number of rotatable bonds is 12. The van der Waals surface area contributed by atoms with Gasteiger partial charge in [0.05, 0.1) is 11.7 Å². The number of carbonyl (C=O) groups excluding carboxylic acids is 1. The summed E-state index contributed by atoms with van der Waals surface area (Å²) in [5.41, 5.74) is 2.04. The monoisotopic (exact) mass is 426 g/mol. The number of amides is 1. The van der Waals surface area contributed by atoms with Crippen LogP contribution >= 0.6 is 0 Å². The Bertz CT molecular complexity index is 980. The van der Waals surface area contributed by atoms with Gasteiger partial charge in [0.15, 0.2) is 5.82 Å². The van der Waals surface area contributed by atoms with E-state index in [2.05, 4.69) is 43.8 Å². The van der Waals surface area contributed by atoms with Crippen LogP contribution in [0.4, 0.5) is 0 Å². The molecule has 3 rings (SSSR count). The third kappa shape index (κ3) is 6.12. The molecule has 0 spiro atoms. The van der Waals surface area contributed by atoms with Crippen molar-refractivity contribution in [2.75, 3.05) is 0 Å². The molecular formula is C23H34N6O2. The van der Waals surface area contributed by atoms with Crippen LogP contribution in [0.25, 0.3) is 11.0 Å². The maximum absolute atomic E-state index is 12.6. The second kappa shape index (κ2) is 11.0. The Labute approximate surface area is 183 Å². The van der Waals surface area contributed by atoms with Crippen molar-refractivity contribution < 1.29 is 9.32 Å². The second-order valence-electron chi connectivity index (χ2n) is 8.26.